The lowest BCUT2D eigenvalue weighted by Crippen LogP contribution is -2.00. The first-order chi connectivity index (χ1) is 9.22. The summed E-state index contributed by atoms with van der Waals surface area (Å²) in [7, 11) is 0. The van der Waals surface area contributed by atoms with Crippen molar-refractivity contribution in [3.05, 3.63) is 60.4 Å². The average molecular weight is 257 g/mol. The largest absolute Gasteiger partial charge is 0.472 e. The smallest absolute Gasteiger partial charge is 0.123 e. The zero-order chi connectivity index (χ0) is 13.2. The molecular formula is C14H12FN3O. The lowest BCUT2D eigenvalue weighted by atomic mass is 10.2. The van der Waals surface area contributed by atoms with Crippen LogP contribution in [0.1, 0.15) is 5.56 Å². The molecular weight excluding hydrogens is 245 g/mol. The summed E-state index contributed by atoms with van der Waals surface area (Å²) in [6, 6.07) is 8.12. The van der Waals surface area contributed by atoms with Crippen LogP contribution in [0.5, 0.6) is 0 Å². The Morgan fingerprint density at radius 1 is 1.21 bits per heavy atom. The van der Waals surface area contributed by atoms with Gasteiger partial charge in [-0.15, -0.1) is 0 Å². The van der Waals surface area contributed by atoms with Gasteiger partial charge < -0.3 is 10.2 Å². The Morgan fingerprint density at radius 3 is 2.68 bits per heavy atom. The van der Waals surface area contributed by atoms with E-state index in [2.05, 4.69) is 5.10 Å². The van der Waals surface area contributed by atoms with Crippen LogP contribution >= 0.6 is 0 Å². The van der Waals surface area contributed by atoms with Crippen LogP contribution in [0.4, 0.5) is 10.1 Å². The molecule has 96 valence electrons. The molecule has 0 saturated carbocycles. The van der Waals surface area contributed by atoms with Gasteiger partial charge in [0.1, 0.15) is 11.5 Å². The van der Waals surface area contributed by atoms with E-state index >= 15 is 0 Å². The van der Waals surface area contributed by atoms with Crippen LogP contribution in [-0.4, -0.2) is 9.78 Å². The summed E-state index contributed by atoms with van der Waals surface area (Å²) in [4.78, 5) is 0. The second-order valence-corrected chi connectivity index (χ2v) is 4.27. The summed E-state index contributed by atoms with van der Waals surface area (Å²) in [6.07, 6.45) is 4.93. The average Bonchev–Trinajstić information content (AvgIpc) is 3.01. The quantitative estimate of drug-likeness (QED) is 0.784. The first kappa shape index (κ1) is 11.5. The number of anilines is 1. The highest BCUT2D eigenvalue weighted by Gasteiger charge is 2.09. The molecule has 0 aliphatic heterocycles. The fourth-order valence-corrected chi connectivity index (χ4v) is 1.92. The second-order valence-electron chi connectivity index (χ2n) is 4.27. The molecule has 19 heavy (non-hydrogen) atoms. The van der Waals surface area contributed by atoms with E-state index in [0.29, 0.717) is 17.9 Å². The minimum Gasteiger partial charge on any atom is -0.472 e. The number of benzene rings is 1. The van der Waals surface area contributed by atoms with E-state index in [0.717, 1.165) is 11.1 Å². The number of rotatable bonds is 3. The van der Waals surface area contributed by atoms with Crippen molar-refractivity contribution in [3.63, 3.8) is 0 Å². The Balaban J connectivity index is 1.87. The maximum absolute atomic E-state index is 12.8. The van der Waals surface area contributed by atoms with Gasteiger partial charge in [0, 0.05) is 11.8 Å². The predicted molar refractivity (Wildman–Crippen MR) is 69.8 cm³/mol. The van der Waals surface area contributed by atoms with Crippen molar-refractivity contribution in [3.8, 4) is 11.3 Å². The third kappa shape index (κ3) is 2.35. The number of hydrogen-bond acceptors (Lipinski definition) is 3. The van der Waals surface area contributed by atoms with Gasteiger partial charge in [0.15, 0.2) is 0 Å². The van der Waals surface area contributed by atoms with Gasteiger partial charge in [-0.1, -0.05) is 12.1 Å². The van der Waals surface area contributed by atoms with Gasteiger partial charge in [0.2, 0.25) is 0 Å². The number of hydrogen-bond donors (Lipinski definition) is 1. The molecule has 0 amide bonds. The molecule has 4 nitrogen and oxygen atoms in total. The van der Waals surface area contributed by atoms with Crippen LogP contribution in [0.15, 0.2) is 53.5 Å². The van der Waals surface area contributed by atoms with E-state index < -0.39 is 0 Å². The Morgan fingerprint density at radius 2 is 2.00 bits per heavy atom. The van der Waals surface area contributed by atoms with Crippen molar-refractivity contribution in [2.45, 2.75) is 6.54 Å². The van der Waals surface area contributed by atoms with Crippen molar-refractivity contribution < 1.29 is 8.81 Å². The molecule has 0 saturated heterocycles. The highest BCUT2D eigenvalue weighted by Crippen LogP contribution is 2.24. The topological polar surface area (TPSA) is 57.0 Å². The number of nitrogens with zero attached hydrogens (tertiary/aromatic N) is 2. The molecule has 2 heterocycles. The number of furan rings is 1. The van der Waals surface area contributed by atoms with Crippen LogP contribution < -0.4 is 5.73 Å². The molecule has 0 radical (unpaired) electrons. The molecule has 3 rings (SSSR count). The molecule has 0 bridgehead atoms. The standard InChI is InChI=1S/C14H12FN3O/c15-12-3-1-10(2-4-12)7-18-8-13(16)14(17-18)11-5-6-19-9-11/h1-6,8-9H,7,16H2. The summed E-state index contributed by atoms with van der Waals surface area (Å²) in [5.74, 6) is -0.247. The van der Waals surface area contributed by atoms with Crippen molar-refractivity contribution in [2.24, 2.45) is 0 Å². The summed E-state index contributed by atoms with van der Waals surface area (Å²) in [6.45, 7) is 0.544. The number of halogens is 1. The summed E-state index contributed by atoms with van der Waals surface area (Å²) in [5.41, 5.74) is 9.01. The molecule has 3 aromatic rings. The Bertz CT molecular complexity index is 671. The first-order valence-electron chi connectivity index (χ1n) is 5.82. The van der Waals surface area contributed by atoms with Gasteiger partial charge in [0.05, 0.1) is 24.8 Å². The van der Waals surface area contributed by atoms with E-state index in [4.69, 9.17) is 10.2 Å². The Kier molecular flexibility index (Phi) is 2.79. The molecule has 0 unspecified atom stereocenters. The van der Waals surface area contributed by atoms with Crippen LogP contribution in [-0.2, 0) is 6.54 Å². The predicted octanol–water partition coefficient (Wildman–Crippen LogP) is 2.91. The molecule has 0 fully saturated rings. The van der Waals surface area contributed by atoms with Crippen molar-refractivity contribution in [1.82, 2.24) is 9.78 Å². The molecule has 0 aliphatic carbocycles. The number of aromatic nitrogens is 2. The van der Waals surface area contributed by atoms with Gasteiger partial charge >= 0.3 is 0 Å². The van der Waals surface area contributed by atoms with Gasteiger partial charge in [-0.2, -0.15) is 5.10 Å². The third-order valence-corrected chi connectivity index (χ3v) is 2.84. The van der Waals surface area contributed by atoms with Gasteiger partial charge in [0.25, 0.3) is 0 Å². The monoisotopic (exact) mass is 257 g/mol. The second kappa shape index (κ2) is 4.61. The van der Waals surface area contributed by atoms with Gasteiger partial charge in [-0.25, -0.2) is 4.39 Å². The molecule has 5 heteroatoms. The maximum Gasteiger partial charge on any atom is 0.123 e. The highest BCUT2D eigenvalue weighted by atomic mass is 19.1. The summed E-state index contributed by atoms with van der Waals surface area (Å²) >= 11 is 0. The van der Waals surface area contributed by atoms with Crippen LogP contribution in [0.25, 0.3) is 11.3 Å². The van der Waals surface area contributed by atoms with Crippen molar-refractivity contribution >= 4 is 5.69 Å². The molecule has 2 aromatic heterocycles. The lowest BCUT2D eigenvalue weighted by Gasteiger charge is -2.01. The zero-order valence-corrected chi connectivity index (χ0v) is 10.1. The SMILES string of the molecule is Nc1cn(Cc2ccc(F)cc2)nc1-c1ccoc1. The minimum absolute atomic E-state index is 0.247. The number of nitrogens with two attached hydrogens (primary N) is 1. The fourth-order valence-electron chi connectivity index (χ4n) is 1.92. The fraction of sp³-hybridized carbons (Fsp3) is 0.0714. The van der Waals surface area contributed by atoms with Crippen LogP contribution in [0.2, 0.25) is 0 Å². The molecule has 0 atom stereocenters. The minimum atomic E-state index is -0.247. The van der Waals surface area contributed by atoms with Crippen LogP contribution in [0, 0.1) is 5.82 Å². The first-order valence-corrected chi connectivity index (χ1v) is 5.82. The lowest BCUT2D eigenvalue weighted by molar-refractivity contribution is 0.568. The zero-order valence-electron chi connectivity index (χ0n) is 10.1. The van der Waals surface area contributed by atoms with E-state index in [9.17, 15) is 4.39 Å². The normalized spacial score (nSPS) is 10.8. The molecule has 0 spiro atoms. The van der Waals surface area contributed by atoms with E-state index in [1.165, 1.54) is 12.1 Å². The maximum atomic E-state index is 12.8. The molecule has 2 N–H and O–H groups in total. The molecule has 1 aromatic carbocycles. The van der Waals surface area contributed by atoms with Crippen molar-refractivity contribution in [1.29, 1.82) is 0 Å². The van der Waals surface area contributed by atoms with Gasteiger partial charge in [-0.3, -0.25) is 4.68 Å². The Hall–Kier alpha value is -2.56. The highest BCUT2D eigenvalue weighted by molar-refractivity contribution is 5.70. The van der Waals surface area contributed by atoms with Crippen molar-refractivity contribution in [2.75, 3.05) is 5.73 Å². The summed E-state index contributed by atoms with van der Waals surface area (Å²) in [5, 5.41) is 4.41. The Labute approximate surface area is 109 Å². The van der Waals surface area contributed by atoms with E-state index in [1.807, 2.05) is 0 Å². The third-order valence-electron chi connectivity index (χ3n) is 2.84. The van der Waals surface area contributed by atoms with Gasteiger partial charge in [-0.05, 0) is 23.8 Å². The number of nitrogen functional groups attached to an aromatic ring is 1. The molecule has 0 aliphatic rings. The van der Waals surface area contributed by atoms with Crippen LogP contribution in [0.3, 0.4) is 0 Å². The summed E-state index contributed by atoms with van der Waals surface area (Å²) < 4.78 is 19.6. The van der Waals surface area contributed by atoms with E-state index in [1.54, 1.807) is 41.6 Å². The van der Waals surface area contributed by atoms with E-state index in [-0.39, 0.29) is 5.82 Å².